The largest absolute Gasteiger partial charge is 1.00 e. The molecule has 3 rings (SSSR count). The predicted molar refractivity (Wildman–Crippen MR) is 65.7 cm³/mol. The zero-order valence-corrected chi connectivity index (χ0v) is 10.6. The molecule has 0 fully saturated rings. The molecule has 0 amide bonds. The molecule has 18 heavy (non-hydrogen) atoms. The van der Waals surface area contributed by atoms with Gasteiger partial charge < -0.3 is 13.9 Å². The molecule has 4 heteroatoms. The van der Waals surface area contributed by atoms with Gasteiger partial charge in [-0.15, -0.1) is 6.07 Å². The maximum absolute atomic E-state index is 5.46. The molecule has 0 atom stereocenters. The topological polar surface area (TPSA) is 31.6 Å². The molecular weight excluding hydrogens is 223 g/mol. The number of hydrogen-bond donors (Lipinski definition) is 0. The van der Waals surface area contributed by atoms with Gasteiger partial charge in [-0.3, -0.25) is 0 Å². The van der Waals surface area contributed by atoms with Gasteiger partial charge >= 0.3 is 18.9 Å². The van der Waals surface area contributed by atoms with Gasteiger partial charge in [0.25, 0.3) is 0 Å². The third-order valence-electron chi connectivity index (χ3n) is 2.88. The fourth-order valence-corrected chi connectivity index (χ4v) is 2.17. The van der Waals surface area contributed by atoms with Gasteiger partial charge in [0.2, 0.25) is 0 Å². The second-order valence-corrected chi connectivity index (χ2v) is 3.72. The van der Waals surface area contributed by atoms with Gasteiger partial charge in [-0.1, -0.05) is 29.7 Å². The number of ether oxygens (including phenoxy) is 2. The van der Waals surface area contributed by atoms with Crippen molar-refractivity contribution in [3.05, 3.63) is 36.6 Å². The van der Waals surface area contributed by atoms with E-state index in [-0.39, 0.29) is 18.9 Å². The zero-order valence-electron chi connectivity index (χ0n) is 10.6. The molecule has 0 radical (unpaired) electrons. The summed E-state index contributed by atoms with van der Waals surface area (Å²) in [6.45, 7) is 0. The average Bonchev–Trinajstić information content (AvgIpc) is 2.84. The van der Waals surface area contributed by atoms with Gasteiger partial charge in [0.15, 0.2) is 0 Å². The van der Waals surface area contributed by atoms with Crippen molar-refractivity contribution >= 4 is 21.7 Å². The van der Waals surface area contributed by atoms with E-state index in [1.54, 1.807) is 20.3 Å². The van der Waals surface area contributed by atoms with E-state index in [1.165, 1.54) is 0 Å². The summed E-state index contributed by atoms with van der Waals surface area (Å²) in [6.07, 6.45) is 2.73. The molecule has 1 heterocycles. The van der Waals surface area contributed by atoms with Crippen molar-refractivity contribution in [2.24, 2.45) is 0 Å². The molecule has 0 aliphatic heterocycles. The first-order valence-corrected chi connectivity index (χ1v) is 5.29. The summed E-state index contributed by atoms with van der Waals surface area (Å²) in [5.74, 6) is 1.51. The maximum Gasteiger partial charge on any atom is 1.00 e. The number of furan rings is 1. The van der Waals surface area contributed by atoms with Crippen molar-refractivity contribution in [1.82, 2.24) is 0 Å². The monoisotopic (exact) mass is 234 g/mol. The second-order valence-electron chi connectivity index (χ2n) is 3.72. The molecule has 0 saturated carbocycles. The summed E-state index contributed by atoms with van der Waals surface area (Å²) in [4.78, 5) is 0. The predicted octanol–water partition coefficient (Wildman–Crippen LogP) is 0.407. The molecule has 0 aliphatic rings. The molecule has 0 N–H and O–H groups in total. The average molecular weight is 234 g/mol. The molecule has 0 unspecified atom stereocenters. The standard InChI is InChI=1S/C14H11O3.Li/c1-15-12-9-5-3-4-6-10(9)13(16-2)14-11(12)7-8-17-14;/h3-7H,1-2H3;/q-1;+1. The molecule has 0 saturated heterocycles. The SMILES string of the molecule is COc1c2ccccc2c(OC)c2o[c-]cc12.[Li+]. The Morgan fingerprint density at radius 2 is 1.56 bits per heavy atom. The van der Waals surface area contributed by atoms with Crippen LogP contribution in [0, 0.1) is 6.26 Å². The Morgan fingerprint density at radius 3 is 2.17 bits per heavy atom. The van der Waals surface area contributed by atoms with Gasteiger partial charge in [0, 0.05) is 16.4 Å². The van der Waals surface area contributed by atoms with Crippen molar-refractivity contribution < 1.29 is 32.8 Å². The number of hydrogen-bond acceptors (Lipinski definition) is 3. The molecule has 0 spiro atoms. The number of benzene rings is 2. The molecule has 3 aromatic rings. The number of rotatable bonds is 2. The summed E-state index contributed by atoms with van der Waals surface area (Å²) in [5.41, 5.74) is 0.669. The summed E-state index contributed by atoms with van der Waals surface area (Å²) in [7, 11) is 3.29. The first kappa shape index (κ1) is 12.9. The van der Waals surface area contributed by atoms with Crippen LogP contribution >= 0.6 is 0 Å². The van der Waals surface area contributed by atoms with E-state index in [1.807, 2.05) is 24.3 Å². The van der Waals surface area contributed by atoms with Crippen LogP contribution in [0.5, 0.6) is 11.5 Å². The van der Waals surface area contributed by atoms with Crippen LogP contribution in [0.2, 0.25) is 0 Å². The molecular formula is C14H11LiO3. The van der Waals surface area contributed by atoms with Crippen LogP contribution in [0.4, 0.5) is 0 Å². The van der Waals surface area contributed by atoms with E-state index < -0.39 is 0 Å². The minimum atomic E-state index is 0. The fourth-order valence-electron chi connectivity index (χ4n) is 2.17. The zero-order chi connectivity index (χ0) is 11.8. The molecule has 3 nitrogen and oxygen atoms in total. The van der Waals surface area contributed by atoms with Crippen LogP contribution in [0.25, 0.3) is 21.7 Å². The Morgan fingerprint density at radius 1 is 0.944 bits per heavy atom. The second kappa shape index (κ2) is 4.97. The minimum absolute atomic E-state index is 0. The van der Waals surface area contributed by atoms with Crippen LogP contribution in [0.1, 0.15) is 0 Å². The quantitative estimate of drug-likeness (QED) is 0.475. The molecule has 0 aliphatic carbocycles. The first-order chi connectivity index (χ1) is 8.36. The van der Waals surface area contributed by atoms with Crippen LogP contribution < -0.4 is 28.3 Å². The number of methoxy groups -OCH3 is 2. The first-order valence-electron chi connectivity index (χ1n) is 5.29. The van der Waals surface area contributed by atoms with Crippen molar-refractivity contribution in [3.8, 4) is 11.5 Å². The fraction of sp³-hybridized carbons (Fsp3) is 0.143. The third kappa shape index (κ3) is 1.68. The van der Waals surface area contributed by atoms with Crippen LogP contribution in [0.3, 0.4) is 0 Å². The van der Waals surface area contributed by atoms with E-state index >= 15 is 0 Å². The summed E-state index contributed by atoms with van der Waals surface area (Å²) >= 11 is 0. The normalized spacial score (nSPS) is 10.3. The van der Waals surface area contributed by atoms with Crippen molar-refractivity contribution in [3.63, 3.8) is 0 Å². The summed E-state index contributed by atoms with van der Waals surface area (Å²) < 4.78 is 16.3. The molecule has 1 aromatic heterocycles. The number of fused-ring (bicyclic) bond motifs is 2. The Balaban J connectivity index is 0.00000120. The summed E-state index contributed by atoms with van der Waals surface area (Å²) in [6, 6.07) is 9.69. The van der Waals surface area contributed by atoms with Gasteiger partial charge in [-0.2, -0.15) is 0 Å². The smallest absolute Gasteiger partial charge is 0.587 e. The van der Waals surface area contributed by atoms with Crippen molar-refractivity contribution in [1.29, 1.82) is 0 Å². The Bertz CT molecular complexity index is 630. The maximum atomic E-state index is 5.46. The van der Waals surface area contributed by atoms with Crippen LogP contribution in [-0.2, 0) is 0 Å². The van der Waals surface area contributed by atoms with Crippen LogP contribution in [0.15, 0.2) is 34.7 Å². The molecule has 86 valence electrons. The minimum Gasteiger partial charge on any atom is -0.587 e. The van der Waals surface area contributed by atoms with Gasteiger partial charge in [-0.25, -0.2) is 0 Å². The van der Waals surface area contributed by atoms with Gasteiger partial charge in [-0.05, 0) is 6.26 Å². The molecule has 0 bridgehead atoms. The van der Waals surface area contributed by atoms with E-state index in [0.717, 1.165) is 27.7 Å². The van der Waals surface area contributed by atoms with Crippen molar-refractivity contribution in [2.45, 2.75) is 0 Å². The Hall–Kier alpha value is -1.56. The third-order valence-corrected chi connectivity index (χ3v) is 2.88. The Labute approximate surface area is 117 Å². The van der Waals surface area contributed by atoms with E-state index in [2.05, 4.69) is 6.26 Å². The Kier molecular flexibility index (Phi) is 3.56. The summed E-state index contributed by atoms with van der Waals surface area (Å²) in [5, 5.41) is 2.86. The van der Waals surface area contributed by atoms with Crippen molar-refractivity contribution in [2.75, 3.05) is 14.2 Å². The molecule has 2 aromatic carbocycles. The van der Waals surface area contributed by atoms with E-state index in [0.29, 0.717) is 5.58 Å². The van der Waals surface area contributed by atoms with E-state index in [9.17, 15) is 0 Å². The van der Waals surface area contributed by atoms with Gasteiger partial charge in [0.05, 0.1) is 20.0 Å². The van der Waals surface area contributed by atoms with Gasteiger partial charge in [0.1, 0.15) is 5.75 Å². The van der Waals surface area contributed by atoms with E-state index in [4.69, 9.17) is 13.9 Å². The van der Waals surface area contributed by atoms with Crippen LogP contribution in [-0.4, -0.2) is 14.2 Å².